The number of piperidine rings is 1. The first-order chi connectivity index (χ1) is 13.0. The van der Waals surface area contributed by atoms with Gasteiger partial charge in [-0.15, -0.1) is 0 Å². The van der Waals surface area contributed by atoms with Crippen LogP contribution in [-0.2, 0) is 0 Å². The number of nitrogens with zero attached hydrogens (tertiary/aromatic N) is 3. The van der Waals surface area contributed by atoms with Crippen LogP contribution in [0.5, 0.6) is 0 Å². The third-order valence-electron chi connectivity index (χ3n) is 5.82. The van der Waals surface area contributed by atoms with Crippen molar-refractivity contribution in [3.05, 3.63) is 52.2 Å². The van der Waals surface area contributed by atoms with Gasteiger partial charge >= 0.3 is 0 Å². The zero-order valence-electron chi connectivity index (χ0n) is 16.3. The first kappa shape index (κ1) is 18.3. The third-order valence-corrected chi connectivity index (χ3v) is 6.15. The molecule has 3 heterocycles. The Morgan fingerprint density at radius 3 is 2.67 bits per heavy atom. The van der Waals surface area contributed by atoms with E-state index in [0.29, 0.717) is 6.04 Å². The first-order valence-electron chi connectivity index (χ1n) is 9.64. The molecule has 0 unspecified atom stereocenters. The molecular weight excluding hydrogens is 356 g/mol. The first-order valence-corrected chi connectivity index (χ1v) is 10.0. The molecule has 1 saturated heterocycles. The molecule has 0 aliphatic carbocycles. The molecule has 2 aliphatic rings. The lowest BCUT2D eigenvalue weighted by atomic mass is 9.95. The number of aryl methyl sites for hydroxylation is 1. The molecular formula is C22H27ClN4. The van der Waals surface area contributed by atoms with Gasteiger partial charge in [-0.25, -0.2) is 4.98 Å². The summed E-state index contributed by atoms with van der Waals surface area (Å²) in [5.41, 5.74) is 6.15. The summed E-state index contributed by atoms with van der Waals surface area (Å²) in [6.07, 6.45) is 6.37. The van der Waals surface area contributed by atoms with Gasteiger partial charge in [0.25, 0.3) is 0 Å². The van der Waals surface area contributed by atoms with Gasteiger partial charge in [0.2, 0.25) is 0 Å². The molecule has 1 N–H and O–H groups in total. The van der Waals surface area contributed by atoms with E-state index in [-0.39, 0.29) is 0 Å². The molecule has 5 heteroatoms. The molecule has 0 saturated carbocycles. The van der Waals surface area contributed by atoms with Crippen LogP contribution in [0.3, 0.4) is 0 Å². The average Bonchev–Trinajstić information content (AvgIpc) is 2.68. The number of hydrogen-bond donors (Lipinski definition) is 1. The molecule has 2 aromatic rings. The van der Waals surface area contributed by atoms with Gasteiger partial charge in [-0.3, -0.25) is 0 Å². The minimum absolute atomic E-state index is 0.707. The Kier molecular flexibility index (Phi) is 5.11. The minimum Gasteiger partial charge on any atom is -0.371 e. The van der Waals surface area contributed by atoms with Crippen molar-refractivity contribution in [1.82, 2.24) is 9.88 Å². The van der Waals surface area contributed by atoms with Gasteiger partial charge in [-0.05, 0) is 74.8 Å². The van der Waals surface area contributed by atoms with E-state index in [0.717, 1.165) is 36.0 Å². The highest BCUT2D eigenvalue weighted by Crippen LogP contribution is 2.34. The quantitative estimate of drug-likeness (QED) is 0.844. The second kappa shape index (κ2) is 7.53. The summed E-state index contributed by atoms with van der Waals surface area (Å²) in [6.45, 7) is 5.22. The normalized spacial score (nSPS) is 17.5. The smallest absolute Gasteiger partial charge is 0.134 e. The molecule has 0 spiro atoms. The number of pyridine rings is 1. The SMILES string of the molecule is Cc1cc(N2CCC(N(C)C)CC2)ccc1C1=Cc2c(Cl)ccnc2NC1. The van der Waals surface area contributed by atoms with Crippen LogP contribution < -0.4 is 10.2 Å². The van der Waals surface area contributed by atoms with E-state index in [4.69, 9.17) is 11.6 Å². The lowest BCUT2D eigenvalue weighted by Crippen LogP contribution is -2.42. The Morgan fingerprint density at radius 2 is 1.96 bits per heavy atom. The molecule has 1 aromatic carbocycles. The molecule has 0 amide bonds. The van der Waals surface area contributed by atoms with Crippen molar-refractivity contribution in [1.29, 1.82) is 0 Å². The molecule has 4 nitrogen and oxygen atoms in total. The summed E-state index contributed by atoms with van der Waals surface area (Å²) >= 11 is 6.36. The summed E-state index contributed by atoms with van der Waals surface area (Å²) in [5, 5.41) is 4.13. The minimum atomic E-state index is 0.707. The van der Waals surface area contributed by atoms with E-state index < -0.39 is 0 Å². The second-order valence-corrected chi connectivity index (χ2v) is 8.17. The van der Waals surface area contributed by atoms with Gasteiger partial charge in [0.05, 0.1) is 5.02 Å². The van der Waals surface area contributed by atoms with Crippen LogP contribution in [0, 0.1) is 6.92 Å². The highest BCUT2D eigenvalue weighted by molar-refractivity contribution is 6.32. The van der Waals surface area contributed by atoms with Gasteiger partial charge in [0.15, 0.2) is 0 Å². The highest BCUT2D eigenvalue weighted by atomic mass is 35.5. The Hall–Kier alpha value is -2.04. The Bertz CT molecular complexity index is 867. The fourth-order valence-corrected chi connectivity index (χ4v) is 4.35. The van der Waals surface area contributed by atoms with E-state index in [1.54, 1.807) is 6.20 Å². The zero-order chi connectivity index (χ0) is 19.0. The third kappa shape index (κ3) is 3.69. The molecule has 4 rings (SSSR count). The average molecular weight is 383 g/mol. The van der Waals surface area contributed by atoms with Crippen LogP contribution in [-0.4, -0.2) is 49.7 Å². The van der Waals surface area contributed by atoms with Crippen molar-refractivity contribution >= 4 is 34.8 Å². The highest BCUT2D eigenvalue weighted by Gasteiger charge is 2.21. The number of halogens is 1. The number of aromatic nitrogens is 1. The van der Waals surface area contributed by atoms with Crippen LogP contribution in [0.4, 0.5) is 11.5 Å². The summed E-state index contributed by atoms with van der Waals surface area (Å²) in [6, 6.07) is 9.39. The van der Waals surface area contributed by atoms with Crippen LogP contribution in [0.25, 0.3) is 11.6 Å². The summed E-state index contributed by atoms with van der Waals surface area (Å²) in [4.78, 5) is 9.24. The topological polar surface area (TPSA) is 31.4 Å². The lowest BCUT2D eigenvalue weighted by Gasteiger charge is -2.36. The van der Waals surface area contributed by atoms with Crippen LogP contribution >= 0.6 is 11.6 Å². The molecule has 142 valence electrons. The summed E-state index contributed by atoms with van der Waals surface area (Å²) < 4.78 is 0. The standard InChI is InChI=1S/C22H27ClN4/c1-15-12-18(27-10-7-17(8-11-27)26(2)3)4-5-19(15)16-13-20-21(23)6-9-24-22(20)25-14-16/h4-6,9,12-13,17H,7-8,10-11,14H2,1-3H3,(H,24,25). The summed E-state index contributed by atoms with van der Waals surface area (Å²) in [5.74, 6) is 0.865. The van der Waals surface area contributed by atoms with Crippen LogP contribution in [0.1, 0.15) is 29.5 Å². The van der Waals surface area contributed by atoms with E-state index in [9.17, 15) is 0 Å². The number of anilines is 2. The largest absolute Gasteiger partial charge is 0.371 e. The number of fused-ring (bicyclic) bond motifs is 1. The molecule has 0 atom stereocenters. The molecule has 0 bridgehead atoms. The second-order valence-electron chi connectivity index (χ2n) is 7.76. The van der Waals surface area contributed by atoms with E-state index in [2.05, 4.69) is 65.4 Å². The molecule has 2 aliphatic heterocycles. The number of benzene rings is 1. The zero-order valence-corrected chi connectivity index (χ0v) is 17.1. The van der Waals surface area contributed by atoms with Crippen molar-refractivity contribution in [2.45, 2.75) is 25.8 Å². The summed E-state index contributed by atoms with van der Waals surface area (Å²) in [7, 11) is 4.37. The monoisotopic (exact) mass is 382 g/mol. The molecule has 1 aromatic heterocycles. The van der Waals surface area contributed by atoms with Crippen molar-refractivity contribution in [2.24, 2.45) is 0 Å². The van der Waals surface area contributed by atoms with E-state index in [1.165, 1.54) is 35.2 Å². The van der Waals surface area contributed by atoms with Crippen LogP contribution in [0.15, 0.2) is 30.5 Å². The van der Waals surface area contributed by atoms with Crippen molar-refractivity contribution < 1.29 is 0 Å². The maximum Gasteiger partial charge on any atom is 0.134 e. The van der Waals surface area contributed by atoms with Gasteiger partial charge in [-0.2, -0.15) is 0 Å². The Balaban J connectivity index is 1.56. The molecule has 1 fully saturated rings. The maximum absolute atomic E-state index is 6.36. The maximum atomic E-state index is 6.36. The fourth-order valence-electron chi connectivity index (χ4n) is 4.15. The molecule has 27 heavy (non-hydrogen) atoms. The van der Waals surface area contributed by atoms with Gasteiger partial charge in [0.1, 0.15) is 5.82 Å². The van der Waals surface area contributed by atoms with Gasteiger partial charge in [-0.1, -0.05) is 17.7 Å². The van der Waals surface area contributed by atoms with Crippen molar-refractivity contribution in [3.8, 4) is 0 Å². The van der Waals surface area contributed by atoms with Crippen LogP contribution in [0.2, 0.25) is 5.02 Å². The number of nitrogens with one attached hydrogen (secondary N) is 1. The predicted octanol–water partition coefficient (Wildman–Crippen LogP) is 4.54. The number of rotatable bonds is 3. The fraction of sp³-hybridized carbons (Fsp3) is 0.409. The van der Waals surface area contributed by atoms with E-state index in [1.807, 2.05) is 6.07 Å². The Morgan fingerprint density at radius 1 is 1.19 bits per heavy atom. The lowest BCUT2D eigenvalue weighted by molar-refractivity contribution is 0.249. The predicted molar refractivity (Wildman–Crippen MR) is 116 cm³/mol. The van der Waals surface area contributed by atoms with Crippen molar-refractivity contribution in [2.75, 3.05) is 43.9 Å². The molecule has 0 radical (unpaired) electrons. The number of hydrogen-bond acceptors (Lipinski definition) is 4. The van der Waals surface area contributed by atoms with Gasteiger partial charge in [0, 0.05) is 43.1 Å². The Labute approximate surface area is 166 Å². The van der Waals surface area contributed by atoms with Gasteiger partial charge < -0.3 is 15.1 Å². The van der Waals surface area contributed by atoms with Crippen molar-refractivity contribution in [3.63, 3.8) is 0 Å². The van der Waals surface area contributed by atoms with E-state index >= 15 is 0 Å².